The number of hydrogen-bond acceptors (Lipinski definition) is 3. The van der Waals surface area contributed by atoms with Crippen LogP contribution in [0.5, 0.6) is 0 Å². The highest BCUT2D eigenvalue weighted by Gasteiger charge is 2.14. The van der Waals surface area contributed by atoms with Crippen LogP contribution in [0, 0.1) is 0 Å². The quantitative estimate of drug-likeness (QED) is 0.883. The average Bonchev–Trinajstić information content (AvgIpc) is 2.76. The minimum atomic E-state index is -1.02. The second kappa shape index (κ2) is 4.85. The van der Waals surface area contributed by atoms with E-state index in [4.69, 9.17) is 16.7 Å². The number of hydrogen-bond donors (Lipinski definition) is 1. The van der Waals surface area contributed by atoms with Gasteiger partial charge in [-0.2, -0.15) is 0 Å². The Hall–Kier alpha value is -1.40. The molecule has 0 aliphatic carbocycles. The van der Waals surface area contributed by atoms with E-state index < -0.39 is 5.97 Å². The summed E-state index contributed by atoms with van der Waals surface area (Å²) in [5.74, 6) is -0.359. The molecule has 0 fully saturated rings. The van der Waals surface area contributed by atoms with Gasteiger partial charge in [-0.1, -0.05) is 15.9 Å². The van der Waals surface area contributed by atoms with Crippen molar-refractivity contribution in [3.8, 4) is 5.69 Å². The van der Waals surface area contributed by atoms with E-state index in [1.807, 2.05) is 0 Å². The molecule has 0 radical (unpaired) electrons. The molecule has 1 heterocycles. The Bertz CT molecular complexity index is 570. The van der Waals surface area contributed by atoms with Crippen LogP contribution in [0.3, 0.4) is 0 Å². The zero-order chi connectivity index (χ0) is 12.4. The number of rotatable bonds is 3. The fourth-order valence-corrected chi connectivity index (χ4v) is 1.98. The van der Waals surface area contributed by atoms with Gasteiger partial charge in [0.05, 0.1) is 17.1 Å². The van der Waals surface area contributed by atoms with Gasteiger partial charge in [0, 0.05) is 4.47 Å². The lowest BCUT2D eigenvalue weighted by molar-refractivity contribution is 0.0697. The standard InChI is InChI=1S/C10H7BrClN3O2/c11-6-1-2-8(7(3-6)10(16)17)15-5-13-14-9(15)4-12/h1-3,5H,4H2,(H,16,17). The Morgan fingerprint density at radius 3 is 2.94 bits per heavy atom. The highest BCUT2D eigenvalue weighted by molar-refractivity contribution is 9.10. The second-order valence-electron chi connectivity index (χ2n) is 3.22. The summed E-state index contributed by atoms with van der Waals surface area (Å²) < 4.78 is 2.25. The van der Waals surface area contributed by atoms with Crippen molar-refractivity contribution in [1.29, 1.82) is 0 Å². The summed E-state index contributed by atoms with van der Waals surface area (Å²) in [6.07, 6.45) is 1.44. The third-order valence-electron chi connectivity index (χ3n) is 2.19. The molecule has 17 heavy (non-hydrogen) atoms. The van der Waals surface area contributed by atoms with Crippen molar-refractivity contribution in [2.75, 3.05) is 0 Å². The predicted octanol–water partition coefficient (Wildman–Crippen LogP) is 2.47. The lowest BCUT2D eigenvalue weighted by Gasteiger charge is -2.08. The number of aromatic nitrogens is 3. The molecule has 1 aromatic carbocycles. The molecule has 0 saturated carbocycles. The van der Waals surface area contributed by atoms with Gasteiger partial charge in [-0.05, 0) is 18.2 Å². The van der Waals surface area contributed by atoms with Gasteiger partial charge in [0.1, 0.15) is 6.33 Å². The summed E-state index contributed by atoms with van der Waals surface area (Å²) >= 11 is 8.94. The van der Waals surface area contributed by atoms with Gasteiger partial charge in [0.25, 0.3) is 0 Å². The summed E-state index contributed by atoms with van der Waals surface area (Å²) in [4.78, 5) is 11.2. The van der Waals surface area contributed by atoms with E-state index in [0.717, 1.165) is 0 Å². The molecule has 0 unspecified atom stereocenters. The molecular weight excluding hydrogens is 309 g/mol. The summed E-state index contributed by atoms with van der Waals surface area (Å²) in [5, 5.41) is 16.7. The first-order valence-corrected chi connectivity index (χ1v) is 5.94. The average molecular weight is 317 g/mol. The second-order valence-corrected chi connectivity index (χ2v) is 4.40. The lowest BCUT2D eigenvalue weighted by atomic mass is 10.2. The normalized spacial score (nSPS) is 10.5. The topological polar surface area (TPSA) is 68.0 Å². The maximum absolute atomic E-state index is 11.2. The van der Waals surface area contributed by atoms with E-state index in [2.05, 4.69) is 26.1 Å². The lowest BCUT2D eigenvalue weighted by Crippen LogP contribution is -2.07. The summed E-state index contributed by atoms with van der Waals surface area (Å²) in [7, 11) is 0. The number of carboxylic acid groups (broad SMARTS) is 1. The van der Waals surface area contributed by atoms with Crippen molar-refractivity contribution in [3.05, 3.63) is 40.4 Å². The van der Waals surface area contributed by atoms with E-state index in [1.54, 1.807) is 16.7 Å². The molecule has 2 aromatic rings. The Balaban J connectivity index is 2.63. The number of halogens is 2. The number of nitrogens with zero attached hydrogens (tertiary/aromatic N) is 3. The van der Waals surface area contributed by atoms with E-state index in [0.29, 0.717) is 16.0 Å². The third-order valence-corrected chi connectivity index (χ3v) is 2.92. The van der Waals surface area contributed by atoms with Crippen LogP contribution >= 0.6 is 27.5 Å². The third kappa shape index (κ3) is 2.32. The van der Waals surface area contributed by atoms with Gasteiger partial charge in [-0.15, -0.1) is 21.8 Å². The molecule has 88 valence electrons. The molecule has 0 saturated heterocycles. The van der Waals surface area contributed by atoms with Gasteiger partial charge < -0.3 is 5.11 Å². The molecule has 0 atom stereocenters. The number of benzene rings is 1. The van der Waals surface area contributed by atoms with E-state index in [-0.39, 0.29) is 11.4 Å². The minimum Gasteiger partial charge on any atom is -0.478 e. The van der Waals surface area contributed by atoms with Crippen molar-refractivity contribution in [2.24, 2.45) is 0 Å². The van der Waals surface area contributed by atoms with Crippen LogP contribution in [-0.2, 0) is 5.88 Å². The van der Waals surface area contributed by atoms with Gasteiger partial charge in [-0.3, -0.25) is 4.57 Å². The molecule has 1 aromatic heterocycles. The molecular formula is C10H7BrClN3O2. The zero-order valence-corrected chi connectivity index (χ0v) is 10.8. The molecule has 0 spiro atoms. The first-order chi connectivity index (χ1) is 8.13. The Labute approximate surface area is 110 Å². The molecule has 0 amide bonds. The van der Waals surface area contributed by atoms with E-state index in [1.165, 1.54) is 12.4 Å². The number of carboxylic acids is 1. The van der Waals surface area contributed by atoms with Gasteiger partial charge in [-0.25, -0.2) is 4.79 Å². The number of aromatic carboxylic acids is 1. The fraction of sp³-hybridized carbons (Fsp3) is 0.100. The largest absolute Gasteiger partial charge is 0.478 e. The highest BCUT2D eigenvalue weighted by Crippen LogP contribution is 2.21. The van der Waals surface area contributed by atoms with Crippen molar-refractivity contribution in [3.63, 3.8) is 0 Å². The van der Waals surface area contributed by atoms with Crippen molar-refractivity contribution < 1.29 is 9.90 Å². The summed E-state index contributed by atoms with van der Waals surface area (Å²) in [5.41, 5.74) is 0.645. The molecule has 0 aliphatic rings. The van der Waals surface area contributed by atoms with Crippen LogP contribution in [0.2, 0.25) is 0 Å². The van der Waals surface area contributed by atoms with Crippen molar-refractivity contribution in [1.82, 2.24) is 14.8 Å². The summed E-state index contributed by atoms with van der Waals surface area (Å²) in [6, 6.07) is 4.95. The monoisotopic (exact) mass is 315 g/mol. The van der Waals surface area contributed by atoms with Crippen LogP contribution in [0.4, 0.5) is 0 Å². The van der Waals surface area contributed by atoms with Crippen molar-refractivity contribution >= 4 is 33.5 Å². The first-order valence-electron chi connectivity index (χ1n) is 4.61. The molecule has 2 rings (SSSR count). The first kappa shape index (κ1) is 12.1. The molecule has 0 bridgehead atoms. The van der Waals surface area contributed by atoms with Gasteiger partial charge in [0.15, 0.2) is 5.82 Å². The maximum atomic E-state index is 11.2. The van der Waals surface area contributed by atoms with Crippen LogP contribution < -0.4 is 0 Å². The van der Waals surface area contributed by atoms with Gasteiger partial charge >= 0.3 is 5.97 Å². The fourth-order valence-electron chi connectivity index (χ4n) is 1.44. The van der Waals surface area contributed by atoms with Crippen LogP contribution in [0.25, 0.3) is 5.69 Å². The van der Waals surface area contributed by atoms with Crippen LogP contribution in [-0.4, -0.2) is 25.8 Å². The van der Waals surface area contributed by atoms with Gasteiger partial charge in [0.2, 0.25) is 0 Å². The van der Waals surface area contributed by atoms with Crippen LogP contribution in [0.15, 0.2) is 29.0 Å². The molecule has 7 heteroatoms. The van der Waals surface area contributed by atoms with E-state index in [9.17, 15) is 4.79 Å². The molecule has 5 nitrogen and oxygen atoms in total. The predicted molar refractivity (Wildman–Crippen MR) is 65.6 cm³/mol. The maximum Gasteiger partial charge on any atom is 0.337 e. The Kier molecular flexibility index (Phi) is 3.44. The SMILES string of the molecule is O=C(O)c1cc(Br)ccc1-n1cnnc1CCl. The van der Waals surface area contributed by atoms with Crippen LogP contribution in [0.1, 0.15) is 16.2 Å². The summed E-state index contributed by atoms with van der Waals surface area (Å²) in [6.45, 7) is 0. The zero-order valence-electron chi connectivity index (χ0n) is 8.47. The number of carbonyl (C=O) groups is 1. The van der Waals surface area contributed by atoms with E-state index >= 15 is 0 Å². The molecule has 1 N–H and O–H groups in total. The van der Waals surface area contributed by atoms with Crippen molar-refractivity contribution in [2.45, 2.75) is 5.88 Å². The minimum absolute atomic E-state index is 0.158. The highest BCUT2D eigenvalue weighted by atomic mass is 79.9. The Morgan fingerprint density at radius 2 is 2.29 bits per heavy atom. The number of alkyl halides is 1. The molecule has 0 aliphatic heterocycles. The Morgan fingerprint density at radius 1 is 1.53 bits per heavy atom. The smallest absolute Gasteiger partial charge is 0.337 e.